The minimum absolute atomic E-state index is 0.132. The number of carboxylic acid groups (broad SMARTS) is 1. The van der Waals surface area contributed by atoms with Crippen molar-refractivity contribution in [3.05, 3.63) is 59.7 Å². The highest BCUT2D eigenvalue weighted by Crippen LogP contribution is 2.14. The zero-order chi connectivity index (χ0) is 15.9. The Morgan fingerprint density at radius 2 is 1.55 bits per heavy atom. The van der Waals surface area contributed by atoms with E-state index in [9.17, 15) is 9.59 Å². The van der Waals surface area contributed by atoms with E-state index < -0.39 is 11.9 Å². The third kappa shape index (κ3) is 4.34. The summed E-state index contributed by atoms with van der Waals surface area (Å²) in [6.07, 6.45) is 0.939. The lowest BCUT2D eigenvalue weighted by molar-refractivity contribution is -0.136. The smallest absolute Gasteiger partial charge is 0.349 e. The first-order valence-corrected chi connectivity index (χ1v) is 6.84. The summed E-state index contributed by atoms with van der Waals surface area (Å²) in [6, 6.07) is 13.1. The van der Waals surface area contributed by atoms with Crippen LogP contribution in [0, 0.1) is 0 Å². The maximum atomic E-state index is 11.7. The molecule has 0 aliphatic carbocycles. The maximum Gasteiger partial charge on any atom is 0.349 e. The van der Waals surface area contributed by atoms with Crippen LogP contribution >= 0.6 is 0 Å². The summed E-state index contributed by atoms with van der Waals surface area (Å²) in [5.41, 5.74) is 1.32. The van der Waals surface area contributed by atoms with Gasteiger partial charge in [-0.2, -0.15) is 0 Å². The molecule has 5 nitrogen and oxygen atoms in total. The van der Waals surface area contributed by atoms with Gasteiger partial charge >= 0.3 is 11.9 Å². The van der Waals surface area contributed by atoms with Crippen LogP contribution in [0.25, 0.3) is 0 Å². The zero-order valence-electron chi connectivity index (χ0n) is 12.1. The zero-order valence-corrected chi connectivity index (χ0v) is 12.1. The molecule has 1 N–H and O–H groups in total. The van der Waals surface area contributed by atoms with Crippen molar-refractivity contribution < 1.29 is 24.2 Å². The first-order chi connectivity index (χ1) is 10.6. The molecule has 0 aliphatic heterocycles. The molecule has 0 amide bonds. The van der Waals surface area contributed by atoms with Crippen LogP contribution in [0.2, 0.25) is 0 Å². The van der Waals surface area contributed by atoms with Crippen LogP contribution in [0.5, 0.6) is 11.5 Å². The largest absolute Gasteiger partial charge is 0.482 e. The molecular formula is C17H16O5. The first-order valence-electron chi connectivity index (χ1n) is 6.84. The van der Waals surface area contributed by atoms with Gasteiger partial charge in [-0.25, -0.2) is 9.59 Å². The predicted molar refractivity (Wildman–Crippen MR) is 80.4 cm³/mol. The lowest BCUT2D eigenvalue weighted by Crippen LogP contribution is -2.17. The van der Waals surface area contributed by atoms with Crippen molar-refractivity contribution in [1.82, 2.24) is 0 Å². The van der Waals surface area contributed by atoms with E-state index in [2.05, 4.69) is 6.92 Å². The maximum absolute atomic E-state index is 11.7. The molecular weight excluding hydrogens is 284 g/mol. The van der Waals surface area contributed by atoms with Gasteiger partial charge in [-0.05, 0) is 48.4 Å². The molecule has 2 aromatic rings. The fourth-order valence-electron chi connectivity index (χ4n) is 1.79. The molecule has 0 bridgehead atoms. The number of esters is 1. The number of carboxylic acids is 1. The summed E-state index contributed by atoms with van der Waals surface area (Å²) >= 11 is 0. The normalized spacial score (nSPS) is 10.0. The summed E-state index contributed by atoms with van der Waals surface area (Å²) in [6.45, 7) is 1.84. The Balaban J connectivity index is 1.85. The SMILES string of the molecule is CCc1ccc(OCC(=O)Oc2ccc(C(=O)O)cc2)cc1. The first kappa shape index (κ1) is 15.6. The second-order valence-corrected chi connectivity index (χ2v) is 4.59. The Hall–Kier alpha value is -2.82. The van der Waals surface area contributed by atoms with Gasteiger partial charge in [-0.15, -0.1) is 0 Å². The molecule has 0 fully saturated rings. The summed E-state index contributed by atoms with van der Waals surface area (Å²) < 4.78 is 10.4. The van der Waals surface area contributed by atoms with Crippen LogP contribution in [0.3, 0.4) is 0 Å². The molecule has 5 heteroatoms. The van der Waals surface area contributed by atoms with Crippen molar-refractivity contribution in [2.24, 2.45) is 0 Å². The summed E-state index contributed by atoms with van der Waals surface area (Å²) in [5.74, 6) is -0.713. The number of hydrogen-bond donors (Lipinski definition) is 1. The third-order valence-electron chi connectivity index (χ3n) is 3.02. The fraction of sp³-hybridized carbons (Fsp3) is 0.176. The van der Waals surface area contributed by atoms with Gasteiger partial charge in [0.1, 0.15) is 11.5 Å². The van der Waals surface area contributed by atoms with Crippen LogP contribution in [0.4, 0.5) is 0 Å². The van der Waals surface area contributed by atoms with Crippen LogP contribution in [-0.4, -0.2) is 23.7 Å². The molecule has 0 saturated heterocycles. The predicted octanol–water partition coefficient (Wildman–Crippen LogP) is 2.93. The molecule has 0 heterocycles. The number of rotatable bonds is 6. The van der Waals surface area contributed by atoms with Crippen LogP contribution in [0.1, 0.15) is 22.8 Å². The number of aromatic carboxylic acids is 1. The Kier molecular flexibility index (Phi) is 5.14. The van der Waals surface area contributed by atoms with Crippen LogP contribution in [-0.2, 0) is 11.2 Å². The van der Waals surface area contributed by atoms with Gasteiger partial charge in [0.05, 0.1) is 5.56 Å². The lowest BCUT2D eigenvalue weighted by Gasteiger charge is -2.07. The highest BCUT2D eigenvalue weighted by molar-refractivity contribution is 5.87. The Bertz CT molecular complexity index is 644. The number of carbonyl (C=O) groups is 2. The summed E-state index contributed by atoms with van der Waals surface area (Å²) in [4.78, 5) is 22.4. The van der Waals surface area contributed by atoms with Crippen molar-refractivity contribution in [1.29, 1.82) is 0 Å². The molecule has 0 aliphatic rings. The Morgan fingerprint density at radius 3 is 2.09 bits per heavy atom. The topological polar surface area (TPSA) is 72.8 Å². The monoisotopic (exact) mass is 300 g/mol. The number of hydrogen-bond acceptors (Lipinski definition) is 4. The van der Waals surface area contributed by atoms with Gasteiger partial charge in [0.25, 0.3) is 0 Å². The lowest BCUT2D eigenvalue weighted by atomic mass is 10.2. The van der Waals surface area contributed by atoms with E-state index in [0.29, 0.717) is 5.75 Å². The highest BCUT2D eigenvalue weighted by atomic mass is 16.6. The van der Waals surface area contributed by atoms with Gasteiger partial charge in [0, 0.05) is 0 Å². The molecule has 0 unspecified atom stereocenters. The molecule has 0 atom stereocenters. The van der Waals surface area contributed by atoms with E-state index in [0.717, 1.165) is 6.42 Å². The second kappa shape index (κ2) is 7.26. The van der Waals surface area contributed by atoms with Gasteiger partial charge in [0.15, 0.2) is 6.61 Å². The minimum atomic E-state index is -1.03. The van der Waals surface area contributed by atoms with Crippen molar-refractivity contribution in [2.75, 3.05) is 6.61 Å². The second-order valence-electron chi connectivity index (χ2n) is 4.59. The van der Waals surface area contributed by atoms with E-state index in [1.54, 1.807) is 12.1 Å². The summed E-state index contributed by atoms with van der Waals surface area (Å²) in [7, 11) is 0. The Labute approximate surface area is 128 Å². The third-order valence-corrected chi connectivity index (χ3v) is 3.02. The van der Waals surface area contributed by atoms with E-state index in [-0.39, 0.29) is 17.9 Å². The van der Waals surface area contributed by atoms with Gasteiger partial charge in [0.2, 0.25) is 0 Å². The molecule has 0 aromatic heterocycles. The minimum Gasteiger partial charge on any atom is -0.482 e. The van der Waals surface area contributed by atoms with E-state index in [1.165, 1.54) is 29.8 Å². The van der Waals surface area contributed by atoms with Crippen molar-refractivity contribution >= 4 is 11.9 Å². The molecule has 0 spiro atoms. The molecule has 22 heavy (non-hydrogen) atoms. The van der Waals surface area contributed by atoms with Gasteiger partial charge in [-0.3, -0.25) is 0 Å². The fourth-order valence-corrected chi connectivity index (χ4v) is 1.79. The van der Waals surface area contributed by atoms with Crippen LogP contribution < -0.4 is 9.47 Å². The molecule has 2 aromatic carbocycles. The average Bonchev–Trinajstić information content (AvgIpc) is 2.54. The van der Waals surface area contributed by atoms with Crippen LogP contribution in [0.15, 0.2) is 48.5 Å². The van der Waals surface area contributed by atoms with Gasteiger partial charge < -0.3 is 14.6 Å². The number of benzene rings is 2. The number of aryl methyl sites for hydroxylation is 1. The average molecular weight is 300 g/mol. The van der Waals surface area contributed by atoms with E-state index in [1.807, 2.05) is 12.1 Å². The Morgan fingerprint density at radius 1 is 0.955 bits per heavy atom. The quantitative estimate of drug-likeness (QED) is 0.656. The molecule has 114 valence electrons. The highest BCUT2D eigenvalue weighted by Gasteiger charge is 2.08. The summed E-state index contributed by atoms with van der Waals surface area (Å²) in [5, 5.41) is 8.78. The van der Waals surface area contributed by atoms with E-state index in [4.69, 9.17) is 14.6 Å². The van der Waals surface area contributed by atoms with Crippen molar-refractivity contribution in [3.8, 4) is 11.5 Å². The van der Waals surface area contributed by atoms with Crippen molar-refractivity contribution in [2.45, 2.75) is 13.3 Å². The standard InChI is InChI=1S/C17H16O5/c1-2-12-3-7-14(8-4-12)21-11-16(18)22-15-9-5-13(6-10-15)17(19)20/h3-10H,2,11H2,1H3,(H,19,20). The van der Waals surface area contributed by atoms with Crippen molar-refractivity contribution in [3.63, 3.8) is 0 Å². The van der Waals surface area contributed by atoms with E-state index >= 15 is 0 Å². The number of carbonyl (C=O) groups excluding carboxylic acids is 1. The molecule has 2 rings (SSSR count). The van der Waals surface area contributed by atoms with Gasteiger partial charge in [-0.1, -0.05) is 19.1 Å². The molecule has 0 saturated carbocycles. The molecule has 0 radical (unpaired) electrons. The number of ether oxygens (including phenoxy) is 2.